The number of carboxylic acid groups (broad SMARTS) is 1. The number of carbonyl (C=O) groups is 1. The fourth-order valence-corrected chi connectivity index (χ4v) is 3.56. The quantitative estimate of drug-likeness (QED) is 0.543. The Hall–Kier alpha value is -2.30. The van der Waals surface area contributed by atoms with Crippen molar-refractivity contribution >= 4 is 16.9 Å². The first-order valence-corrected chi connectivity index (χ1v) is 9.04. The SMILES string of the molecule is CCCCCCc1cc2c3c(c(=O)oc2cc1OCC(=O)[O-])CCC3. The maximum atomic E-state index is 12.1. The van der Waals surface area contributed by atoms with E-state index in [0.29, 0.717) is 11.3 Å². The van der Waals surface area contributed by atoms with Crippen LogP contribution >= 0.6 is 0 Å². The van der Waals surface area contributed by atoms with Crippen molar-refractivity contribution in [3.63, 3.8) is 0 Å². The van der Waals surface area contributed by atoms with E-state index >= 15 is 0 Å². The van der Waals surface area contributed by atoms with Gasteiger partial charge in [0.1, 0.15) is 17.9 Å². The highest BCUT2D eigenvalue weighted by molar-refractivity contribution is 5.84. The van der Waals surface area contributed by atoms with Crippen molar-refractivity contribution < 1.29 is 19.1 Å². The monoisotopic (exact) mass is 343 g/mol. The Morgan fingerprint density at radius 1 is 1.20 bits per heavy atom. The van der Waals surface area contributed by atoms with E-state index in [1.165, 1.54) is 6.42 Å². The van der Waals surface area contributed by atoms with E-state index in [1.807, 2.05) is 6.07 Å². The molecule has 0 atom stereocenters. The number of hydrogen-bond acceptors (Lipinski definition) is 5. The molecule has 5 nitrogen and oxygen atoms in total. The average Bonchev–Trinajstić information content (AvgIpc) is 3.07. The number of hydrogen-bond donors (Lipinski definition) is 0. The first-order chi connectivity index (χ1) is 12.1. The standard InChI is InChI=1S/C20H24O5/c1-2-3-4-5-7-13-10-16-14-8-6-9-15(14)20(23)25-18(16)11-17(13)24-12-19(21)22/h10-11H,2-9,12H2,1H3,(H,21,22)/p-1. The molecule has 3 rings (SSSR count). The van der Waals surface area contributed by atoms with Crippen molar-refractivity contribution in [2.75, 3.05) is 6.61 Å². The van der Waals surface area contributed by atoms with Gasteiger partial charge in [-0.1, -0.05) is 26.2 Å². The fraction of sp³-hybridized carbons (Fsp3) is 0.500. The molecule has 25 heavy (non-hydrogen) atoms. The van der Waals surface area contributed by atoms with Gasteiger partial charge < -0.3 is 19.1 Å². The summed E-state index contributed by atoms with van der Waals surface area (Å²) >= 11 is 0. The third-order valence-electron chi connectivity index (χ3n) is 4.80. The summed E-state index contributed by atoms with van der Waals surface area (Å²) in [6.45, 7) is 1.65. The van der Waals surface area contributed by atoms with Crippen LogP contribution in [0.1, 0.15) is 55.7 Å². The molecule has 0 bridgehead atoms. The number of benzene rings is 1. The zero-order valence-corrected chi connectivity index (χ0v) is 14.6. The van der Waals surface area contributed by atoms with Crippen molar-refractivity contribution in [2.24, 2.45) is 0 Å². The minimum absolute atomic E-state index is 0.290. The van der Waals surface area contributed by atoms with Gasteiger partial charge in [-0.2, -0.15) is 0 Å². The third kappa shape index (κ3) is 3.86. The largest absolute Gasteiger partial charge is 0.546 e. The molecule has 1 heterocycles. The predicted molar refractivity (Wildman–Crippen MR) is 92.9 cm³/mol. The number of aryl methyl sites for hydroxylation is 2. The van der Waals surface area contributed by atoms with E-state index in [2.05, 4.69) is 6.92 Å². The smallest absolute Gasteiger partial charge is 0.339 e. The van der Waals surface area contributed by atoms with E-state index in [9.17, 15) is 14.7 Å². The predicted octanol–water partition coefficient (Wildman–Crippen LogP) is 2.53. The van der Waals surface area contributed by atoms with Gasteiger partial charge >= 0.3 is 5.63 Å². The minimum Gasteiger partial charge on any atom is -0.546 e. The second-order valence-corrected chi connectivity index (χ2v) is 6.63. The van der Waals surface area contributed by atoms with Gasteiger partial charge in [0.2, 0.25) is 0 Å². The Balaban J connectivity index is 1.99. The van der Waals surface area contributed by atoms with Crippen molar-refractivity contribution in [2.45, 2.75) is 58.3 Å². The molecular weight excluding hydrogens is 320 g/mol. The molecule has 0 saturated heterocycles. The van der Waals surface area contributed by atoms with Crippen LogP contribution in [-0.4, -0.2) is 12.6 Å². The number of aliphatic carboxylic acids is 1. The lowest BCUT2D eigenvalue weighted by Gasteiger charge is -2.14. The highest BCUT2D eigenvalue weighted by atomic mass is 16.5. The molecule has 5 heteroatoms. The normalized spacial score (nSPS) is 13.2. The van der Waals surface area contributed by atoms with Gasteiger partial charge in [0.15, 0.2) is 0 Å². The first-order valence-electron chi connectivity index (χ1n) is 9.04. The van der Waals surface area contributed by atoms with Gasteiger partial charge in [-0.25, -0.2) is 4.79 Å². The van der Waals surface area contributed by atoms with Crippen LogP contribution < -0.4 is 15.5 Å². The number of unbranched alkanes of at least 4 members (excludes halogenated alkanes) is 3. The van der Waals surface area contributed by atoms with Crippen molar-refractivity contribution in [3.8, 4) is 5.75 Å². The Bertz CT molecular complexity index is 834. The lowest BCUT2D eigenvalue weighted by atomic mass is 10.00. The minimum atomic E-state index is -1.27. The summed E-state index contributed by atoms with van der Waals surface area (Å²) in [6, 6.07) is 3.67. The molecule has 0 saturated carbocycles. The first kappa shape index (κ1) is 17.5. The molecule has 0 amide bonds. The van der Waals surface area contributed by atoms with Crippen molar-refractivity contribution in [3.05, 3.63) is 39.2 Å². The molecule has 0 spiro atoms. The molecule has 0 radical (unpaired) electrons. The Labute approximate surface area is 146 Å². The van der Waals surface area contributed by atoms with E-state index < -0.39 is 12.6 Å². The molecule has 134 valence electrons. The molecule has 2 aromatic rings. The topological polar surface area (TPSA) is 79.6 Å². The molecule has 0 unspecified atom stereocenters. The van der Waals surface area contributed by atoms with Crippen molar-refractivity contribution in [1.29, 1.82) is 0 Å². The summed E-state index contributed by atoms with van der Waals surface area (Å²) < 4.78 is 10.9. The number of rotatable bonds is 8. The maximum absolute atomic E-state index is 12.1. The van der Waals surface area contributed by atoms with Gasteiger partial charge in [0, 0.05) is 17.0 Å². The summed E-state index contributed by atoms with van der Waals surface area (Å²) in [6.07, 6.45) is 7.89. The fourth-order valence-electron chi connectivity index (χ4n) is 3.56. The Morgan fingerprint density at radius 3 is 2.76 bits per heavy atom. The Morgan fingerprint density at radius 2 is 2.00 bits per heavy atom. The van der Waals surface area contributed by atoms with E-state index in [0.717, 1.165) is 67.0 Å². The number of carbonyl (C=O) groups excluding carboxylic acids is 1. The molecule has 0 fully saturated rings. The maximum Gasteiger partial charge on any atom is 0.339 e. The van der Waals surface area contributed by atoms with E-state index in [4.69, 9.17) is 9.15 Å². The Kier molecular flexibility index (Phi) is 5.41. The summed E-state index contributed by atoms with van der Waals surface area (Å²) in [4.78, 5) is 22.9. The summed E-state index contributed by atoms with van der Waals surface area (Å²) in [5.74, 6) is -0.804. The molecule has 0 aliphatic heterocycles. The van der Waals surface area contributed by atoms with Gasteiger partial charge in [-0.05, 0) is 49.3 Å². The van der Waals surface area contributed by atoms with Gasteiger partial charge in [-0.3, -0.25) is 0 Å². The van der Waals surface area contributed by atoms with Gasteiger partial charge in [0.25, 0.3) is 0 Å². The van der Waals surface area contributed by atoms with E-state index in [-0.39, 0.29) is 5.63 Å². The van der Waals surface area contributed by atoms with Crippen LogP contribution in [0.15, 0.2) is 21.3 Å². The average molecular weight is 343 g/mol. The van der Waals surface area contributed by atoms with Crippen LogP contribution in [0.5, 0.6) is 5.75 Å². The molecule has 1 aliphatic carbocycles. The van der Waals surface area contributed by atoms with E-state index in [1.54, 1.807) is 6.07 Å². The molecular formula is C20H23O5-. The number of carboxylic acids is 1. The van der Waals surface area contributed by atoms with Crippen LogP contribution in [0.3, 0.4) is 0 Å². The lowest BCUT2D eigenvalue weighted by Crippen LogP contribution is -2.29. The molecule has 1 aromatic carbocycles. The lowest BCUT2D eigenvalue weighted by molar-refractivity contribution is -0.307. The van der Waals surface area contributed by atoms with Gasteiger partial charge in [0.05, 0.1) is 5.97 Å². The summed E-state index contributed by atoms with van der Waals surface area (Å²) in [5, 5.41) is 11.7. The molecule has 1 aromatic heterocycles. The zero-order chi connectivity index (χ0) is 17.8. The number of ether oxygens (including phenoxy) is 1. The van der Waals surface area contributed by atoms with Crippen molar-refractivity contribution in [1.82, 2.24) is 0 Å². The van der Waals surface area contributed by atoms with Crippen LogP contribution in [0, 0.1) is 0 Å². The second kappa shape index (κ2) is 7.72. The summed E-state index contributed by atoms with van der Waals surface area (Å²) in [7, 11) is 0. The molecule has 1 aliphatic rings. The van der Waals surface area contributed by atoms with Crippen LogP contribution in [0.2, 0.25) is 0 Å². The summed E-state index contributed by atoms with van der Waals surface area (Å²) in [5.41, 5.74) is 3.01. The number of fused-ring (bicyclic) bond motifs is 3. The van der Waals surface area contributed by atoms with Crippen LogP contribution in [-0.2, 0) is 24.1 Å². The van der Waals surface area contributed by atoms with Crippen LogP contribution in [0.25, 0.3) is 11.0 Å². The highest BCUT2D eigenvalue weighted by Gasteiger charge is 2.21. The van der Waals surface area contributed by atoms with Crippen LogP contribution in [0.4, 0.5) is 0 Å². The zero-order valence-electron chi connectivity index (χ0n) is 14.6. The third-order valence-corrected chi connectivity index (χ3v) is 4.80. The second-order valence-electron chi connectivity index (χ2n) is 6.63. The van der Waals surface area contributed by atoms with Gasteiger partial charge in [-0.15, -0.1) is 0 Å². The molecule has 0 N–H and O–H groups in total. The highest BCUT2D eigenvalue weighted by Crippen LogP contribution is 2.33.